The Morgan fingerprint density at radius 2 is 2.24 bits per heavy atom. The van der Waals surface area contributed by atoms with Gasteiger partial charge in [-0.25, -0.2) is 4.98 Å². The molecule has 0 fully saturated rings. The first-order valence-electron chi connectivity index (χ1n) is 5.74. The quantitative estimate of drug-likeness (QED) is 0.759. The molecule has 0 N–H and O–H groups in total. The first-order valence-corrected chi connectivity index (χ1v) is 7.15. The molecule has 0 aromatic carbocycles. The minimum Gasteiger partial charge on any atom is -0.288 e. The van der Waals surface area contributed by atoms with Gasteiger partial charge < -0.3 is 0 Å². The molecule has 2 aromatic rings. The summed E-state index contributed by atoms with van der Waals surface area (Å²) >= 11 is 7.68. The molecule has 0 aliphatic rings. The number of rotatable bonds is 3. The molecule has 0 aliphatic carbocycles. The molecule has 0 radical (unpaired) electrons. The number of allylic oxidation sites excluding steroid dienone is 1. The highest BCUT2D eigenvalue weighted by atomic mass is 35.5. The van der Waals surface area contributed by atoms with Gasteiger partial charge in [0.1, 0.15) is 0 Å². The van der Waals surface area contributed by atoms with Crippen LogP contribution in [0.1, 0.15) is 30.9 Å². The van der Waals surface area contributed by atoms with Gasteiger partial charge in [-0.05, 0) is 25.8 Å². The van der Waals surface area contributed by atoms with Crippen molar-refractivity contribution in [3.63, 3.8) is 0 Å². The van der Waals surface area contributed by atoms with Crippen molar-refractivity contribution in [2.75, 3.05) is 5.88 Å². The molecule has 2 heterocycles. The van der Waals surface area contributed by atoms with Crippen molar-refractivity contribution in [3.8, 4) is 0 Å². The number of thiazole rings is 1. The van der Waals surface area contributed by atoms with Crippen LogP contribution >= 0.6 is 22.9 Å². The summed E-state index contributed by atoms with van der Waals surface area (Å²) in [5.41, 5.74) is 4.73. The SMILES string of the molecule is Cc1nc2scc(C)n2c1C=C(CCl)C(C)C. The van der Waals surface area contributed by atoms with Gasteiger partial charge in [-0.3, -0.25) is 4.40 Å². The van der Waals surface area contributed by atoms with Crippen molar-refractivity contribution in [3.05, 3.63) is 28.0 Å². The van der Waals surface area contributed by atoms with Gasteiger partial charge >= 0.3 is 0 Å². The van der Waals surface area contributed by atoms with Crippen molar-refractivity contribution >= 4 is 34.0 Å². The Balaban J connectivity index is 2.61. The van der Waals surface area contributed by atoms with E-state index in [2.05, 4.69) is 48.5 Å². The molecular formula is C13H17ClN2S. The molecule has 0 aliphatic heterocycles. The summed E-state index contributed by atoms with van der Waals surface area (Å²) in [5, 5.41) is 2.13. The molecule has 92 valence electrons. The maximum absolute atomic E-state index is 6.00. The number of hydrogen-bond donors (Lipinski definition) is 0. The van der Waals surface area contributed by atoms with Crippen molar-refractivity contribution in [2.45, 2.75) is 27.7 Å². The third-order valence-corrected chi connectivity index (χ3v) is 4.22. The first-order chi connectivity index (χ1) is 8.04. The van der Waals surface area contributed by atoms with Crippen LogP contribution in [0, 0.1) is 19.8 Å². The maximum Gasteiger partial charge on any atom is 0.194 e. The second-order valence-electron chi connectivity index (χ2n) is 4.59. The second-order valence-corrected chi connectivity index (χ2v) is 5.69. The highest BCUT2D eigenvalue weighted by Gasteiger charge is 2.12. The van der Waals surface area contributed by atoms with Gasteiger partial charge in [-0.2, -0.15) is 0 Å². The van der Waals surface area contributed by atoms with E-state index < -0.39 is 0 Å². The lowest BCUT2D eigenvalue weighted by Crippen LogP contribution is -1.97. The largest absolute Gasteiger partial charge is 0.288 e. The Morgan fingerprint density at radius 3 is 2.82 bits per heavy atom. The lowest BCUT2D eigenvalue weighted by Gasteiger charge is -2.08. The van der Waals surface area contributed by atoms with E-state index in [4.69, 9.17) is 11.6 Å². The highest BCUT2D eigenvalue weighted by molar-refractivity contribution is 7.15. The van der Waals surface area contributed by atoms with Gasteiger partial charge in [0.05, 0.1) is 11.4 Å². The summed E-state index contributed by atoms with van der Waals surface area (Å²) < 4.78 is 2.20. The number of hydrogen-bond acceptors (Lipinski definition) is 2. The van der Waals surface area contributed by atoms with E-state index in [0.717, 1.165) is 10.7 Å². The summed E-state index contributed by atoms with van der Waals surface area (Å²) in [6, 6.07) is 0. The summed E-state index contributed by atoms with van der Waals surface area (Å²) in [4.78, 5) is 5.63. The van der Waals surface area contributed by atoms with Crippen LogP contribution in [0.2, 0.25) is 0 Å². The second kappa shape index (κ2) is 4.83. The zero-order valence-corrected chi connectivity index (χ0v) is 12.2. The van der Waals surface area contributed by atoms with Crippen LogP contribution in [0.15, 0.2) is 11.0 Å². The number of imidazole rings is 1. The molecule has 2 nitrogen and oxygen atoms in total. The fourth-order valence-electron chi connectivity index (χ4n) is 1.83. The van der Waals surface area contributed by atoms with Crippen LogP contribution in [-0.4, -0.2) is 15.3 Å². The van der Waals surface area contributed by atoms with Gasteiger partial charge in [-0.15, -0.1) is 22.9 Å². The number of aromatic nitrogens is 2. The number of nitrogens with zero attached hydrogens (tertiary/aromatic N) is 2. The minimum absolute atomic E-state index is 0.469. The molecule has 17 heavy (non-hydrogen) atoms. The molecule has 0 unspecified atom stereocenters. The number of aryl methyl sites for hydroxylation is 2. The summed E-state index contributed by atoms with van der Waals surface area (Å²) in [5.74, 6) is 1.05. The lowest BCUT2D eigenvalue weighted by molar-refractivity contribution is 0.777. The Morgan fingerprint density at radius 1 is 1.53 bits per heavy atom. The minimum atomic E-state index is 0.469. The molecule has 0 amide bonds. The molecule has 0 bridgehead atoms. The zero-order valence-electron chi connectivity index (χ0n) is 10.6. The summed E-state index contributed by atoms with van der Waals surface area (Å²) in [6.07, 6.45) is 2.19. The summed E-state index contributed by atoms with van der Waals surface area (Å²) in [7, 11) is 0. The van der Waals surface area contributed by atoms with Crippen LogP contribution < -0.4 is 0 Å². The van der Waals surface area contributed by atoms with E-state index in [0.29, 0.717) is 11.8 Å². The highest BCUT2D eigenvalue weighted by Crippen LogP contribution is 2.24. The fraction of sp³-hybridized carbons (Fsp3) is 0.462. The Labute approximate surface area is 111 Å². The lowest BCUT2D eigenvalue weighted by atomic mass is 10.0. The van der Waals surface area contributed by atoms with Crippen molar-refractivity contribution in [1.29, 1.82) is 0 Å². The molecule has 4 heteroatoms. The topological polar surface area (TPSA) is 17.3 Å². The molecule has 0 saturated heterocycles. The van der Waals surface area contributed by atoms with Gasteiger partial charge in [0, 0.05) is 17.0 Å². The molecular weight excluding hydrogens is 252 g/mol. The monoisotopic (exact) mass is 268 g/mol. The number of alkyl halides is 1. The van der Waals surface area contributed by atoms with E-state index in [9.17, 15) is 0 Å². The average Bonchev–Trinajstić information content (AvgIpc) is 2.76. The molecule has 0 spiro atoms. The predicted molar refractivity (Wildman–Crippen MR) is 76.1 cm³/mol. The standard InChI is InChI=1S/C13H17ClN2S/c1-8(2)11(6-14)5-12-10(4)15-13-16(12)9(3)7-17-13/h5,7-8H,6H2,1-4H3. The Bertz CT molecular complexity index is 563. The van der Waals surface area contributed by atoms with Crippen LogP contribution in [0.25, 0.3) is 11.0 Å². The third-order valence-electron chi connectivity index (χ3n) is 2.97. The molecule has 2 rings (SSSR count). The van der Waals surface area contributed by atoms with Crippen LogP contribution in [-0.2, 0) is 0 Å². The van der Waals surface area contributed by atoms with Gasteiger partial charge in [0.15, 0.2) is 4.96 Å². The normalized spacial score (nSPS) is 12.9. The Hall–Kier alpha value is -0.800. The van der Waals surface area contributed by atoms with E-state index >= 15 is 0 Å². The molecule has 2 aromatic heterocycles. The smallest absolute Gasteiger partial charge is 0.194 e. The summed E-state index contributed by atoms with van der Waals surface area (Å²) in [6.45, 7) is 8.50. The third kappa shape index (κ3) is 2.26. The van der Waals surface area contributed by atoms with Crippen molar-refractivity contribution in [1.82, 2.24) is 9.38 Å². The van der Waals surface area contributed by atoms with Gasteiger partial charge in [0.2, 0.25) is 0 Å². The van der Waals surface area contributed by atoms with Crippen molar-refractivity contribution < 1.29 is 0 Å². The van der Waals surface area contributed by atoms with E-state index in [-0.39, 0.29) is 0 Å². The fourth-order valence-corrected chi connectivity index (χ4v) is 3.13. The zero-order chi connectivity index (χ0) is 12.6. The average molecular weight is 269 g/mol. The Kier molecular flexibility index (Phi) is 3.59. The van der Waals surface area contributed by atoms with Crippen LogP contribution in [0.3, 0.4) is 0 Å². The molecule has 0 saturated carbocycles. The maximum atomic E-state index is 6.00. The van der Waals surface area contributed by atoms with E-state index in [1.165, 1.54) is 17.0 Å². The van der Waals surface area contributed by atoms with E-state index in [1.54, 1.807) is 11.3 Å². The van der Waals surface area contributed by atoms with E-state index in [1.807, 2.05) is 0 Å². The van der Waals surface area contributed by atoms with Gasteiger partial charge in [0.25, 0.3) is 0 Å². The van der Waals surface area contributed by atoms with Crippen LogP contribution in [0.5, 0.6) is 0 Å². The molecule has 0 atom stereocenters. The predicted octanol–water partition coefficient (Wildman–Crippen LogP) is 4.29. The first kappa shape index (κ1) is 12.7. The van der Waals surface area contributed by atoms with Gasteiger partial charge in [-0.1, -0.05) is 19.4 Å². The number of fused-ring (bicyclic) bond motifs is 1. The van der Waals surface area contributed by atoms with Crippen LogP contribution in [0.4, 0.5) is 0 Å². The van der Waals surface area contributed by atoms with Crippen molar-refractivity contribution in [2.24, 2.45) is 5.92 Å². The number of halogens is 1.